The van der Waals surface area contributed by atoms with Gasteiger partial charge in [0.15, 0.2) is 0 Å². The number of nitrogens with zero attached hydrogens (tertiary/aromatic N) is 2. The number of carbonyl (C=O) groups is 1. The van der Waals surface area contributed by atoms with Crippen molar-refractivity contribution in [3.8, 4) is 5.75 Å². The van der Waals surface area contributed by atoms with E-state index in [0.29, 0.717) is 30.2 Å². The van der Waals surface area contributed by atoms with Gasteiger partial charge in [-0.25, -0.2) is 9.78 Å². The van der Waals surface area contributed by atoms with Crippen molar-refractivity contribution < 1.29 is 19.3 Å². The smallest absolute Gasteiger partial charge is 0.213 e. The molecule has 124 valence electrons. The molecule has 0 radical (unpaired) electrons. The molecule has 0 saturated carbocycles. The van der Waals surface area contributed by atoms with E-state index in [1.54, 1.807) is 23.9 Å². The summed E-state index contributed by atoms with van der Waals surface area (Å²) in [7, 11) is 3.06. The lowest BCUT2D eigenvalue weighted by Gasteiger charge is -2.04. The van der Waals surface area contributed by atoms with Crippen LogP contribution in [0.1, 0.15) is 16.1 Å². The number of benzene rings is 2. The zero-order valence-electron chi connectivity index (χ0n) is 13.6. The highest BCUT2D eigenvalue weighted by Gasteiger charge is 2.19. The second-order valence-electron chi connectivity index (χ2n) is 5.14. The van der Waals surface area contributed by atoms with E-state index in [1.165, 1.54) is 7.11 Å². The average molecular weight is 326 g/mol. The van der Waals surface area contributed by atoms with Gasteiger partial charge < -0.3 is 4.74 Å². The van der Waals surface area contributed by atoms with Crippen LogP contribution in [0.15, 0.2) is 48.5 Å². The maximum Gasteiger partial charge on any atom is 0.213 e. The minimum Gasteiger partial charge on any atom is -0.497 e. The van der Waals surface area contributed by atoms with E-state index in [9.17, 15) is 4.79 Å². The summed E-state index contributed by atoms with van der Waals surface area (Å²) in [4.78, 5) is 22.3. The van der Waals surface area contributed by atoms with Gasteiger partial charge in [0.2, 0.25) is 5.78 Å². The normalized spacial score (nSPS) is 10.9. The van der Waals surface area contributed by atoms with Gasteiger partial charge >= 0.3 is 0 Å². The largest absolute Gasteiger partial charge is 0.497 e. The van der Waals surface area contributed by atoms with Gasteiger partial charge in [0, 0.05) is 17.0 Å². The molecule has 2 aromatic carbocycles. The Morgan fingerprint density at radius 3 is 2.62 bits per heavy atom. The summed E-state index contributed by atoms with van der Waals surface area (Å²) in [6.07, 6.45) is 0. The molecule has 0 atom stereocenters. The standard InChI is InChI=1S/C18H18N2O4/c1-22-14-8-9-15-16(12-14)20(10-11-24-23-2)19-17(15)18(21)13-6-4-3-5-7-13/h3-9,12H,10-11H2,1-2H3. The molecule has 0 aliphatic carbocycles. The Labute approximate surface area is 139 Å². The van der Waals surface area contributed by atoms with Crippen molar-refractivity contribution in [1.29, 1.82) is 0 Å². The topological polar surface area (TPSA) is 62.6 Å². The van der Waals surface area contributed by atoms with E-state index in [2.05, 4.69) is 9.99 Å². The average Bonchev–Trinajstić information content (AvgIpc) is 3.00. The first-order chi connectivity index (χ1) is 11.7. The number of fused-ring (bicyclic) bond motifs is 1. The van der Waals surface area contributed by atoms with Crippen molar-refractivity contribution in [2.75, 3.05) is 20.8 Å². The lowest BCUT2D eigenvalue weighted by atomic mass is 10.1. The zero-order chi connectivity index (χ0) is 16.9. The molecule has 6 nitrogen and oxygen atoms in total. The van der Waals surface area contributed by atoms with E-state index in [1.807, 2.05) is 36.4 Å². The molecule has 0 saturated heterocycles. The summed E-state index contributed by atoms with van der Waals surface area (Å²) in [6.45, 7) is 0.781. The molecule has 0 aliphatic heterocycles. The Bertz CT molecular complexity index is 843. The van der Waals surface area contributed by atoms with Crippen molar-refractivity contribution in [3.05, 3.63) is 59.8 Å². The highest BCUT2D eigenvalue weighted by atomic mass is 17.2. The Balaban J connectivity index is 2.05. The van der Waals surface area contributed by atoms with Crippen LogP contribution >= 0.6 is 0 Å². The van der Waals surface area contributed by atoms with E-state index in [0.717, 1.165) is 10.9 Å². The second kappa shape index (κ2) is 7.25. The quantitative estimate of drug-likeness (QED) is 0.289. The molecule has 6 heteroatoms. The monoisotopic (exact) mass is 326 g/mol. The zero-order valence-corrected chi connectivity index (χ0v) is 13.6. The predicted molar refractivity (Wildman–Crippen MR) is 89.1 cm³/mol. The van der Waals surface area contributed by atoms with Crippen LogP contribution in [-0.4, -0.2) is 36.4 Å². The third kappa shape index (κ3) is 3.15. The minimum absolute atomic E-state index is 0.114. The van der Waals surface area contributed by atoms with Crippen molar-refractivity contribution in [2.45, 2.75) is 6.54 Å². The van der Waals surface area contributed by atoms with Crippen LogP contribution in [0.2, 0.25) is 0 Å². The maximum absolute atomic E-state index is 12.8. The summed E-state index contributed by atoms with van der Waals surface area (Å²) in [5, 5.41) is 5.27. The highest BCUT2D eigenvalue weighted by molar-refractivity contribution is 6.14. The van der Waals surface area contributed by atoms with E-state index < -0.39 is 0 Å². The van der Waals surface area contributed by atoms with Crippen LogP contribution in [0.25, 0.3) is 10.9 Å². The summed E-state index contributed by atoms with van der Waals surface area (Å²) >= 11 is 0. The fourth-order valence-corrected chi connectivity index (χ4v) is 2.55. The Kier molecular flexibility index (Phi) is 4.88. The van der Waals surface area contributed by atoms with Crippen molar-refractivity contribution >= 4 is 16.7 Å². The van der Waals surface area contributed by atoms with Crippen LogP contribution in [-0.2, 0) is 16.3 Å². The summed E-state index contributed by atoms with van der Waals surface area (Å²) in [6, 6.07) is 14.6. The van der Waals surface area contributed by atoms with Gasteiger partial charge in [-0.1, -0.05) is 30.3 Å². The number of ketones is 1. The van der Waals surface area contributed by atoms with Gasteiger partial charge in [-0.3, -0.25) is 9.48 Å². The number of ether oxygens (including phenoxy) is 1. The van der Waals surface area contributed by atoms with Gasteiger partial charge in [-0.15, -0.1) is 0 Å². The number of methoxy groups -OCH3 is 1. The lowest BCUT2D eigenvalue weighted by Crippen LogP contribution is -2.09. The molecule has 0 fully saturated rings. The third-order valence-electron chi connectivity index (χ3n) is 3.71. The molecule has 24 heavy (non-hydrogen) atoms. The molecule has 0 bridgehead atoms. The summed E-state index contributed by atoms with van der Waals surface area (Å²) in [5.41, 5.74) is 1.83. The number of aromatic nitrogens is 2. The van der Waals surface area contributed by atoms with E-state index >= 15 is 0 Å². The molecule has 0 spiro atoms. The molecule has 0 amide bonds. The Morgan fingerprint density at radius 2 is 1.92 bits per heavy atom. The van der Waals surface area contributed by atoms with Crippen LogP contribution in [0.3, 0.4) is 0 Å². The van der Waals surface area contributed by atoms with Crippen molar-refractivity contribution in [1.82, 2.24) is 9.78 Å². The van der Waals surface area contributed by atoms with Gasteiger partial charge in [0.1, 0.15) is 18.1 Å². The fraction of sp³-hybridized carbons (Fsp3) is 0.222. The second-order valence-corrected chi connectivity index (χ2v) is 5.14. The third-order valence-corrected chi connectivity index (χ3v) is 3.71. The number of rotatable bonds is 7. The fourth-order valence-electron chi connectivity index (χ4n) is 2.55. The molecular weight excluding hydrogens is 308 g/mol. The molecular formula is C18H18N2O4. The Morgan fingerprint density at radius 1 is 1.12 bits per heavy atom. The van der Waals surface area contributed by atoms with Gasteiger partial charge in [0.25, 0.3) is 0 Å². The minimum atomic E-state index is -0.114. The maximum atomic E-state index is 12.8. The van der Waals surface area contributed by atoms with Crippen molar-refractivity contribution in [3.63, 3.8) is 0 Å². The number of hydrogen-bond acceptors (Lipinski definition) is 5. The molecule has 3 rings (SSSR count). The molecule has 3 aromatic rings. The predicted octanol–water partition coefficient (Wildman–Crippen LogP) is 2.85. The molecule has 0 unspecified atom stereocenters. The van der Waals surface area contributed by atoms with Gasteiger partial charge in [-0.2, -0.15) is 5.10 Å². The Hall–Kier alpha value is -2.70. The van der Waals surface area contributed by atoms with E-state index in [-0.39, 0.29) is 5.78 Å². The number of hydrogen-bond donors (Lipinski definition) is 0. The van der Waals surface area contributed by atoms with Crippen LogP contribution in [0.5, 0.6) is 5.75 Å². The molecule has 0 aliphatic rings. The number of carbonyl (C=O) groups excluding carboxylic acids is 1. The molecule has 1 aromatic heterocycles. The summed E-state index contributed by atoms with van der Waals surface area (Å²) < 4.78 is 7.00. The van der Waals surface area contributed by atoms with E-state index in [4.69, 9.17) is 9.62 Å². The van der Waals surface area contributed by atoms with Crippen LogP contribution in [0, 0.1) is 0 Å². The van der Waals surface area contributed by atoms with Crippen LogP contribution < -0.4 is 4.74 Å². The van der Waals surface area contributed by atoms with Gasteiger partial charge in [-0.05, 0) is 12.1 Å². The first-order valence-corrected chi connectivity index (χ1v) is 7.54. The first-order valence-electron chi connectivity index (χ1n) is 7.54. The van der Waals surface area contributed by atoms with Crippen molar-refractivity contribution in [2.24, 2.45) is 0 Å². The highest BCUT2D eigenvalue weighted by Crippen LogP contribution is 2.25. The molecule has 0 N–H and O–H groups in total. The first kappa shape index (κ1) is 16.2. The molecule has 1 heterocycles. The summed E-state index contributed by atoms with van der Waals surface area (Å²) in [5.74, 6) is 0.590. The SMILES string of the molecule is COOCCn1nc(C(=O)c2ccccc2)c2ccc(OC)cc21. The van der Waals surface area contributed by atoms with Crippen LogP contribution in [0.4, 0.5) is 0 Å². The lowest BCUT2D eigenvalue weighted by molar-refractivity contribution is -0.273. The van der Waals surface area contributed by atoms with Gasteiger partial charge in [0.05, 0.1) is 26.3 Å².